The number of anilines is 2. The highest BCUT2D eigenvalue weighted by Crippen LogP contribution is 2.35. The Morgan fingerprint density at radius 1 is 1.12 bits per heavy atom. The molecule has 1 atom stereocenters. The van der Waals surface area contributed by atoms with Crippen LogP contribution in [-0.4, -0.2) is 52.3 Å². The zero-order valence-corrected chi connectivity index (χ0v) is 20.7. The molecule has 1 aliphatic heterocycles. The molecular weight excluding hydrogens is 513 g/mol. The fourth-order valence-electron chi connectivity index (χ4n) is 3.30. The van der Waals surface area contributed by atoms with E-state index in [1.54, 1.807) is 24.3 Å². The van der Waals surface area contributed by atoms with Crippen molar-refractivity contribution in [3.05, 3.63) is 57.0 Å². The van der Waals surface area contributed by atoms with Gasteiger partial charge in [-0.3, -0.25) is 13.9 Å². The first kappa shape index (κ1) is 25.6. The number of nitrogens with zero attached hydrogens (tertiary/aromatic N) is 1. The minimum absolute atomic E-state index is 0.00584. The molecule has 2 aromatic carbocycles. The van der Waals surface area contributed by atoms with Crippen LogP contribution in [0.5, 0.6) is 0 Å². The standard InChI is InChI=1S/C21H22Cl3N3O5S/c1-33(30,31)27(19-10-16(23)15(22)9-17(19)24)12-20(28)26-18-7-3-2-6-14(18)21(29)25-11-13-5-4-8-32-13/h2-3,6-7,9-10,13H,4-5,8,11-12H2,1H3,(H,25,29)(H,26,28)/t13-/m0/s1. The van der Waals surface area contributed by atoms with Gasteiger partial charge < -0.3 is 15.4 Å². The van der Waals surface area contributed by atoms with Crippen LogP contribution in [0.1, 0.15) is 23.2 Å². The average Bonchev–Trinajstić information content (AvgIpc) is 3.26. The van der Waals surface area contributed by atoms with Crippen molar-refractivity contribution in [1.29, 1.82) is 0 Å². The number of ether oxygens (including phenoxy) is 1. The third-order valence-corrected chi connectivity index (χ3v) is 7.06. The Balaban J connectivity index is 1.76. The quantitative estimate of drug-likeness (QED) is 0.499. The van der Waals surface area contributed by atoms with E-state index >= 15 is 0 Å². The van der Waals surface area contributed by atoms with Gasteiger partial charge in [-0.05, 0) is 37.1 Å². The Morgan fingerprint density at radius 2 is 1.82 bits per heavy atom. The molecule has 8 nitrogen and oxygen atoms in total. The van der Waals surface area contributed by atoms with Gasteiger partial charge in [-0.25, -0.2) is 8.42 Å². The lowest BCUT2D eigenvalue weighted by Gasteiger charge is -2.23. The summed E-state index contributed by atoms with van der Waals surface area (Å²) in [5, 5.41) is 5.63. The number of nitrogens with one attached hydrogen (secondary N) is 2. The van der Waals surface area contributed by atoms with Gasteiger partial charge in [0.2, 0.25) is 15.9 Å². The second kappa shape index (κ2) is 10.9. The first-order valence-corrected chi connectivity index (χ1v) is 13.0. The number of benzene rings is 2. The third-order valence-electron chi connectivity index (χ3n) is 4.91. The largest absolute Gasteiger partial charge is 0.376 e. The van der Waals surface area contributed by atoms with Gasteiger partial charge in [0, 0.05) is 13.2 Å². The average molecular weight is 535 g/mol. The van der Waals surface area contributed by atoms with E-state index in [9.17, 15) is 18.0 Å². The summed E-state index contributed by atoms with van der Waals surface area (Å²) in [6, 6.07) is 8.99. The molecule has 0 bridgehead atoms. The minimum atomic E-state index is -3.91. The summed E-state index contributed by atoms with van der Waals surface area (Å²) in [5.41, 5.74) is 0.481. The van der Waals surface area contributed by atoms with Crippen molar-refractivity contribution in [1.82, 2.24) is 5.32 Å². The lowest BCUT2D eigenvalue weighted by atomic mass is 10.1. The highest BCUT2D eigenvalue weighted by Gasteiger charge is 2.25. The maximum Gasteiger partial charge on any atom is 0.253 e. The fourth-order valence-corrected chi connectivity index (χ4v) is 4.85. The van der Waals surface area contributed by atoms with E-state index in [2.05, 4.69) is 10.6 Å². The van der Waals surface area contributed by atoms with Crippen molar-refractivity contribution in [2.45, 2.75) is 18.9 Å². The zero-order chi connectivity index (χ0) is 24.2. The first-order valence-electron chi connectivity index (χ1n) is 9.97. The number of halogens is 3. The lowest BCUT2D eigenvalue weighted by Crippen LogP contribution is -2.38. The maximum atomic E-state index is 12.8. The third kappa shape index (κ3) is 6.74. The number of sulfonamides is 1. The maximum absolute atomic E-state index is 12.8. The molecule has 0 saturated carbocycles. The molecule has 2 N–H and O–H groups in total. The van der Waals surface area contributed by atoms with Gasteiger partial charge in [-0.1, -0.05) is 46.9 Å². The van der Waals surface area contributed by atoms with Crippen LogP contribution in [0, 0.1) is 0 Å². The van der Waals surface area contributed by atoms with Gasteiger partial charge in [0.05, 0.1) is 44.4 Å². The van der Waals surface area contributed by atoms with E-state index < -0.39 is 22.5 Å². The molecule has 0 unspecified atom stereocenters. The van der Waals surface area contributed by atoms with Crippen molar-refractivity contribution in [2.24, 2.45) is 0 Å². The van der Waals surface area contributed by atoms with Gasteiger partial charge in [-0.2, -0.15) is 0 Å². The molecule has 1 heterocycles. The Hall–Kier alpha value is -2.04. The number of hydrogen-bond donors (Lipinski definition) is 2. The molecular formula is C21H22Cl3N3O5S. The summed E-state index contributed by atoms with van der Waals surface area (Å²) >= 11 is 18.1. The van der Waals surface area contributed by atoms with E-state index in [0.29, 0.717) is 13.2 Å². The monoisotopic (exact) mass is 533 g/mol. The molecule has 0 aromatic heterocycles. The van der Waals surface area contributed by atoms with E-state index in [1.165, 1.54) is 12.1 Å². The van der Waals surface area contributed by atoms with Crippen LogP contribution in [-0.2, 0) is 19.6 Å². The topological polar surface area (TPSA) is 105 Å². The van der Waals surface area contributed by atoms with Gasteiger partial charge in [-0.15, -0.1) is 0 Å². The Labute approximate surface area is 207 Å². The molecule has 1 aliphatic rings. The summed E-state index contributed by atoms with van der Waals surface area (Å²) in [6.45, 7) is 0.439. The lowest BCUT2D eigenvalue weighted by molar-refractivity contribution is -0.114. The fraction of sp³-hybridized carbons (Fsp3) is 0.333. The van der Waals surface area contributed by atoms with E-state index in [-0.39, 0.29) is 44.0 Å². The smallest absolute Gasteiger partial charge is 0.253 e. The Morgan fingerprint density at radius 3 is 2.48 bits per heavy atom. The molecule has 1 saturated heterocycles. The van der Waals surface area contributed by atoms with Crippen LogP contribution >= 0.6 is 34.8 Å². The zero-order valence-electron chi connectivity index (χ0n) is 17.6. The number of amides is 2. The molecule has 0 radical (unpaired) electrons. The minimum Gasteiger partial charge on any atom is -0.376 e. The van der Waals surface area contributed by atoms with Crippen molar-refractivity contribution in [3.8, 4) is 0 Å². The number of rotatable bonds is 8. The highest BCUT2D eigenvalue weighted by atomic mass is 35.5. The molecule has 0 aliphatic carbocycles. The molecule has 2 aromatic rings. The van der Waals surface area contributed by atoms with Gasteiger partial charge in [0.25, 0.3) is 5.91 Å². The Kier molecular flexibility index (Phi) is 8.47. The Bertz CT molecular complexity index is 1150. The van der Waals surface area contributed by atoms with Crippen molar-refractivity contribution < 1.29 is 22.7 Å². The summed E-state index contributed by atoms with van der Waals surface area (Å²) in [5.74, 6) is -1.06. The first-order chi connectivity index (χ1) is 15.6. The predicted octanol–water partition coefficient (Wildman–Crippen LogP) is 3.96. The van der Waals surface area contributed by atoms with E-state index in [1.807, 2.05) is 0 Å². The van der Waals surface area contributed by atoms with Gasteiger partial charge in [0.1, 0.15) is 6.54 Å². The number of hydrogen-bond acceptors (Lipinski definition) is 5. The molecule has 33 heavy (non-hydrogen) atoms. The number of carbonyl (C=O) groups excluding carboxylic acids is 2. The van der Waals surface area contributed by atoms with E-state index in [0.717, 1.165) is 23.4 Å². The van der Waals surface area contributed by atoms with Crippen LogP contribution in [0.25, 0.3) is 0 Å². The second-order valence-corrected chi connectivity index (χ2v) is 10.6. The normalized spacial score (nSPS) is 15.8. The predicted molar refractivity (Wildman–Crippen MR) is 130 cm³/mol. The molecule has 12 heteroatoms. The molecule has 0 spiro atoms. The van der Waals surface area contributed by atoms with Crippen LogP contribution < -0.4 is 14.9 Å². The highest BCUT2D eigenvalue weighted by molar-refractivity contribution is 7.92. The van der Waals surface area contributed by atoms with Crippen molar-refractivity contribution in [2.75, 3.05) is 35.6 Å². The molecule has 1 fully saturated rings. The summed E-state index contributed by atoms with van der Waals surface area (Å²) in [4.78, 5) is 25.4. The second-order valence-electron chi connectivity index (χ2n) is 7.43. The van der Waals surface area contributed by atoms with Crippen LogP contribution in [0.3, 0.4) is 0 Å². The summed E-state index contributed by atoms with van der Waals surface area (Å²) in [6.07, 6.45) is 2.73. The SMILES string of the molecule is CS(=O)(=O)N(CC(=O)Nc1ccccc1C(=O)NC[C@@H]1CCCO1)c1cc(Cl)c(Cl)cc1Cl. The molecule has 178 valence electrons. The molecule has 3 rings (SSSR count). The summed E-state index contributed by atoms with van der Waals surface area (Å²) < 4.78 is 31.1. The number of para-hydroxylation sites is 1. The van der Waals surface area contributed by atoms with Crippen molar-refractivity contribution in [3.63, 3.8) is 0 Å². The van der Waals surface area contributed by atoms with Gasteiger partial charge in [0.15, 0.2) is 0 Å². The van der Waals surface area contributed by atoms with Crippen LogP contribution in [0.2, 0.25) is 15.1 Å². The van der Waals surface area contributed by atoms with Gasteiger partial charge >= 0.3 is 0 Å². The summed E-state index contributed by atoms with van der Waals surface area (Å²) in [7, 11) is -3.91. The van der Waals surface area contributed by atoms with Crippen LogP contribution in [0.15, 0.2) is 36.4 Å². The van der Waals surface area contributed by atoms with Crippen molar-refractivity contribution >= 4 is 68.0 Å². The molecule has 2 amide bonds. The number of carbonyl (C=O) groups is 2. The van der Waals surface area contributed by atoms with E-state index in [4.69, 9.17) is 39.5 Å². The van der Waals surface area contributed by atoms with Crippen LogP contribution in [0.4, 0.5) is 11.4 Å².